The predicted octanol–water partition coefficient (Wildman–Crippen LogP) is 0.796. The highest BCUT2D eigenvalue weighted by Crippen LogP contribution is 2.16. The summed E-state index contributed by atoms with van der Waals surface area (Å²) in [6.07, 6.45) is 4.15. The number of aliphatic carboxylic acids is 1. The Labute approximate surface area is 107 Å². The smallest absolute Gasteiger partial charge is 0.337 e. The molecule has 6 nitrogen and oxygen atoms in total. The number of likely N-dealkylation sites (tertiary alicyclic amines) is 1. The van der Waals surface area contributed by atoms with Gasteiger partial charge in [0.1, 0.15) is 0 Å². The Morgan fingerprint density at radius 1 is 1.39 bits per heavy atom. The first-order valence-corrected chi connectivity index (χ1v) is 6.35. The van der Waals surface area contributed by atoms with E-state index in [1.807, 2.05) is 6.92 Å². The van der Waals surface area contributed by atoms with Gasteiger partial charge in [-0.25, -0.2) is 9.59 Å². The maximum Gasteiger partial charge on any atom is 0.337 e. The number of nitrogens with one attached hydrogen (secondary N) is 1. The molecular weight excluding hydrogens is 236 g/mol. The van der Waals surface area contributed by atoms with Crippen LogP contribution in [0, 0.1) is 0 Å². The van der Waals surface area contributed by atoms with E-state index in [-0.39, 0.29) is 18.6 Å². The van der Waals surface area contributed by atoms with Crippen LogP contribution in [0.2, 0.25) is 0 Å². The van der Waals surface area contributed by atoms with E-state index in [0.717, 1.165) is 25.7 Å². The molecule has 2 atom stereocenters. The Morgan fingerprint density at radius 3 is 2.67 bits per heavy atom. The van der Waals surface area contributed by atoms with Gasteiger partial charge in [-0.2, -0.15) is 0 Å². The summed E-state index contributed by atoms with van der Waals surface area (Å²) in [5.74, 6) is -1.34. The van der Waals surface area contributed by atoms with Crippen molar-refractivity contribution in [2.75, 3.05) is 13.1 Å². The number of hydrogen-bond donors (Lipinski definition) is 3. The van der Waals surface area contributed by atoms with Crippen LogP contribution >= 0.6 is 0 Å². The van der Waals surface area contributed by atoms with Crippen LogP contribution < -0.4 is 5.32 Å². The zero-order chi connectivity index (χ0) is 13.8. The highest BCUT2D eigenvalue weighted by atomic mass is 16.4. The fourth-order valence-corrected chi connectivity index (χ4v) is 2.00. The van der Waals surface area contributed by atoms with Gasteiger partial charge in [0.2, 0.25) is 0 Å². The topological polar surface area (TPSA) is 89.9 Å². The maximum atomic E-state index is 11.9. The van der Waals surface area contributed by atoms with Gasteiger partial charge in [0.15, 0.2) is 5.60 Å². The summed E-state index contributed by atoms with van der Waals surface area (Å²) >= 11 is 0. The van der Waals surface area contributed by atoms with Crippen LogP contribution in [0.4, 0.5) is 4.79 Å². The summed E-state index contributed by atoms with van der Waals surface area (Å²) in [4.78, 5) is 24.4. The largest absolute Gasteiger partial charge is 0.479 e. The van der Waals surface area contributed by atoms with Crippen molar-refractivity contribution in [2.24, 2.45) is 0 Å². The van der Waals surface area contributed by atoms with E-state index in [4.69, 9.17) is 5.11 Å². The quantitative estimate of drug-likeness (QED) is 0.698. The van der Waals surface area contributed by atoms with Crippen molar-refractivity contribution in [2.45, 2.75) is 51.2 Å². The number of carboxylic acids is 1. The lowest BCUT2D eigenvalue weighted by Crippen LogP contribution is -2.51. The van der Waals surface area contributed by atoms with Crippen molar-refractivity contribution >= 4 is 12.0 Å². The van der Waals surface area contributed by atoms with Crippen LogP contribution in [-0.4, -0.2) is 51.8 Å². The van der Waals surface area contributed by atoms with E-state index in [0.29, 0.717) is 6.54 Å². The fourth-order valence-electron chi connectivity index (χ4n) is 2.00. The Morgan fingerprint density at radius 2 is 2.06 bits per heavy atom. The lowest BCUT2D eigenvalue weighted by molar-refractivity contribution is -0.155. The van der Waals surface area contributed by atoms with Crippen molar-refractivity contribution < 1.29 is 19.8 Å². The molecule has 0 saturated carbocycles. The molecule has 0 aliphatic carbocycles. The fraction of sp³-hybridized carbons (Fsp3) is 0.833. The summed E-state index contributed by atoms with van der Waals surface area (Å²) in [5.41, 5.74) is -1.93. The van der Waals surface area contributed by atoms with Crippen LogP contribution in [0.15, 0.2) is 0 Å². The normalized spacial score (nSPS) is 23.9. The molecule has 18 heavy (non-hydrogen) atoms. The molecule has 2 unspecified atom stereocenters. The predicted molar refractivity (Wildman–Crippen MR) is 66.3 cm³/mol. The van der Waals surface area contributed by atoms with Gasteiger partial charge in [0.05, 0.1) is 6.54 Å². The SMILES string of the molecule is CC1CCCCCN1C(=O)NCC(C)(O)C(=O)O. The van der Waals surface area contributed by atoms with E-state index in [9.17, 15) is 14.7 Å². The second kappa shape index (κ2) is 6.04. The number of carbonyl (C=O) groups is 2. The molecular formula is C12H22N2O4. The number of nitrogens with zero attached hydrogens (tertiary/aromatic N) is 1. The summed E-state index contributed by atoms with van der Waals surface area (Å²) in [6.45, 7) is 3.55. The van der Waals surface area contributed by atoms with Crippen LogP contribution in [0.5, 0.6) is 0 Å². The van der Waals surface area contributed by atoms with Crippen molar-refractivity contribution in [3.63, 3.8) is 0 Å². The molecule has 0 spiro atoms. The van der Waals surface area contributed by atoms with Gasteiger partial charge in [0.25, 0.3) is 0 Å². The third-order valence-corrected chi connectivity index (χ3v) is 3.36. The number of amides is 2. The molecule has 1 saturated heterocycles. The minimum absolute atomic E-state index is 0.155. The van der Waals surface area contributed by atoms with E-state index in [1.54, 1.807) is 4.90 Å². The molecule has 1 aliphatic heterocycles. The summed E-state index contributed by atoms with van der Waals surface area (Å²) in [5, 5.41) is 20.8. The third kappa shape index (κ3) is 3.87. The van der Waals surface area contributed by atoms with Crippen molar-refractivity contribution in [3.8, 4) is 0 Å². The van der Waals surface area contributed by atoms with Gasteiger partial charge in [-0.05, 0) is 26.7 Å². The maximum absolute atomic E-state index is 11.9. The van der Waals surface area contributed by atoms with Gasteiger partial charge in [-0.15, -0.1) is 0 Å². The monoisotopic (exact) mass is 258 g/mol. The van der Waals surface area contributed by atoms with Crippen LogP contribution in [0.25, 0.3) is 0 Å². The first-order chi connectivity index (χ1) is 8.34. The lowest BCUT2D eigenvalue weighted by atomic mass is 10.1. The molecule has 0 bridgehead atoms. The molecule has 1 fully saturated rings. The Hall–Kier alpha value is -1.30. The average molecular weight is 258 g/mol. The standard InChI is InChI=1S/C12H22N2O4/c1-9-6-4-3-5-7-14(9)11(17)13-8-12(2,18)10(15)16/h9,18H,3-8H2,1-2H3,(H,13,17)(H,15,16). The lowest BCUT2D eigenvalue weighted by Gasteiger charge is -2.28. The summed E-state index contributed by atoms with van der Waals surface area (Å²) < 4.78 is 0. The Balaban J connectivity index is 2.51. The number of carboxylic acid groups (broad SMARTS) is 1. The van der Waals surface area contributed by atoms with Crippen molar-refractivity contribution in [1.29, 1.82) is 0 Å². The molecule has 0 aromatic rings. The van der Waals surface area contributed by atoms with Crippen molar-refractivity contribution in [1.82, 2.24) is 10.2 Å². The molecule has 3 N–H and O–H groups in total. The highest BCUT2D eigenvalue weighted by Gasteiger charge is 2.31. The number of urea groups is 1. The highest BCUT2D eigenvalue weighted by molar-refractivity contribution is 5.79. The van der Waals surface area contributed by atoms with Gasteiger partial charge < -0.3 is 20.4 Å². The minimum atomic E-state index is -1.93. The molecule has 0 radical (unpaired) electrons. The number of aliphatic hydroxyl groups is 1. The van der Waals surface area contributed by atoms with E-state index < -0.39 is 11.6 Å². The van der Waals surface area contributed by atoms with E-state index >= 15 is 0 Å². The second-order valence-electron chi connectivity index (χ2n) is 5.13. The van der Waals surface area contributed by atoms with Crippen LogP contribution in [-0.2, 0) is 4.79 Å². The molecule has 104 valence electrons. The molecule has 6 heteroatoms. The molecule has 0 aromatic carbocycles. The first-order valence-electron chi connectivity index (χ1n) is 6.35. The number of hydrogen-bond acceptors (Lipinski definition) is 3. The van der Waals surface area contributed by atoms with Crippen molar-refractivity contribution in [3.05, 3.63) is 0 Å². The third-order valence-electron chi connectivity index (χ3n) is 3.36. The molecule has 1 aliphatic rings. The molecule has 2 amide bonds. The van der Waals surface area contributed by atoms with E-state index in [1.165, 1.54) is 6.92 Å². The average Bonchev–Trinajstić information content (AvgIpc) is 2.50. The zero-order valence-electron chi connectivity index (χ0n) is 11.0. The first kappa shape index (κ1) is 14.8. The second-order valence-corrected chi connectivity index (χ2v) is 5.13. The van der Waals surface area contributed by atoms with E-state index in [2.05, 4.69) is 5.32 Å². The minimum Gasteiger partial charge on any atom is -0.479 e. The molecule has 1 rings (SSSR count). The number of carbonyl (C=O) groups excluding carboxylic acids is 1. The van der Waals surface area contributed by atoms with Gasteiger partial charge >= 0.3 is 12.0 Å². The molecule has 1 heterocycles. The van der Waals surface area contributed by atoms with Crippen LogP contribution in [0.1, 0.15) is 39.5 Å². The Kier molecular flexibility index (Phi) is 4.95. The summed E-state index contributed by atoms with van der Waals surface area (Å²) in [7, 11) is 0. The molecule has 0 aromatic heterocycles. The zero-order valence-corrected chi connectivity index (χ0v) is 11.0. The Bertz CT molecular complexity index is 317. The summed E-state index contributed by atoms with van der Waals surface area (Å²) in [6, 6.07) is -0.145. The van der Waals surface area contributed by atoms with Gasteiger partial charge in [-0.3, -0.25) is 0 Å². The van der Waals surface area contributed by atoms with Gasteiger partial charge in [-0.1, -0.05) is 12.8 Å². The van der Waals surface area contributed by atoms with Crippen LogP contribution in [0.3, 0.4) is 0 Å². The number of rotatable bonds is 3. The van der Waals surface area contributed by atoms with Gasteiger partial charge in [0, 0.05) is 12.6 Å².